The van der Waals surface area contributed by atoms with E-state index in [0.29, 0.717) is 18.7 Å². The number of rotatable bonds is 8. The van der Waals surface area contributed by atoms with Crippen molar-refractivity contribution in [3.63, 3.8) is 0 Å². The molecule has 3 N–H and O–H groups in total. The maximum absolute atomic E-state index is 12.9. The summed E-state index contributed by atoms with van der Waals surface area (Å²) in [6.45, 7) is 0.774. The summed E-state index contributed by atoms with van der Waals surface area (Å²) in [6, 6.07) is 21.6. The van der Waals surface area contributed by atoms with Crippen LogP contribution in [0, 0.1) is 0 Å². The fourth-order valence-corrected chi connectivity index (χ4v) is 3.94. The second kappa shape index (κ2) is 8.23. The van der Waals surface area contributed by atoms with Gasteiger partial charge in [-0.2, -0.15) is 0 Å². The Morgan fingerprint density at radius 2 is 1.83 bits per heavy atom. The molecule has 1 saturated carbocycles. The molecule has 0 heterocycles. The number of carbonyl (C=O) groups is 1. The molecule has 0 bridgehead atoms. The van der Waals surface area contributed by atoms with Crippen LogP contribution in [0.3, 0.4) is 0 Å². The average molecular weight is 390 g/mol. The third-order valence-corrected chi connectivity index (χ3v) is 5.60. The highest BCUT2D eigenvalue weighted by atomic mass is 16.5. The summed E-state index contributed by atoms with van der Waals surface area (Å²) >= 11 is 0. The molecule has 1 aliphatic carbocycles. The molecule has 1 aliphatic rings. The van der Waals surface area contributed by atoms with Crippen molar-refractivity contribution in [2.75, 3.05) is 20.3 Å². The number of nitrogens with two attached hydrogens (primary N) is 1. The molecule has 0 aromatic heterocycles. The molecular weight excluding hydrogens is 364 g/mol. The van der Waals surface area contributed by atoms with Crippen molar-refractivity contribution in [1.82, 2.24) is 5.32 Å². The molecule has 1 atom stereocenters. The largest absolute Gasteiger partial charge is 0.497 e. The van der Waals surface area contributed by atoms with E-state index < -0.39 is 6.23 Å². The van der Waals surface area contributed by atoms with Gasteiger partial charge in [-0.15, -0.1) is 0 Å². The predicted octanol–water partition coefficient (Wildman–Crippen LogP) is 3.61. The van der Waals surface area contributed by atoms with Gasteiger partial charge in [0, 0.05) is 17.5 Å². The zero-order valence-electron chi connectivity index (χ0n) is 16.6. The highest BCUT2D eigenvalue weighted by Crippen LogP contribution is 2.54. The molecule has 29 heavy (non-hydrogen) atoms. The van der Waals surface area contributed by atoms with E-state index >= 15 is 0 Å². The summed E-state index contributed by atoms with van der Waals surface area (Å²) in [5, 5.41) is 5.38. The van der Waals surface area contributed by atoms with Gasteiger partial charge in [-0.1, -0.05) is 42.5 Å². The van der Waals surface area contributed by atoms with Crippen molar-refractivity contribution in [2.24, 2.45) is 5.73 Å². The highest BCUT2D eigenvalue weighted by molar-refractivity contribution is 5.94. The minimum atomic E-state index is -0.464. The second-order valence-corrected chi connectivity index (χ2v) is 7.43. The topological polar surface area (TPSA) is 73.6 Å². The summed E-state index contributed by atoms with van der Waals surface area (Å²) in [7, 11) is 1.67. The number of hydrogen-bond donors (Lipinski definition) is 2. The van der Waals surface area contributed by atoms with Gasteiger partial charge in [-0.25, -0.2) is 0 Å². The third kappa shape index (κ3) is 3.84. The van der Waals surface area contributed by atoms with Crippen LogP contribution in [0.1, 0.15) is 28.8 Å². The van der Waals surface area contributed by atoms with Gasteiger partial charge in [0.25, 0.3) is 5.91 Å². The highest BCUT2D eigenvalue weighted by Gasteiger charge is 2.53. The normalized spacial score (nSPS) is 15.7. The minimum Gasteiger partial charge on any atom is -0.497 e. The second-order valence-electron chi connectivity index (χ2n) is 7.43. The van der Waals surface area contributed by atoms with Gasteiger partial charge in [0.2, 0.25) is 0 Å². The standard InChI is InChI=1S/C24H26N2O3/c1-28-19-15-18-9-5-6-10-20(18)21(16-19)24(11-12-24)23(29-14-13-25)26-22(27)17-7-3-2-4-8-17/h2-10,15-16,23H,11-14,25H2,1H3,(H,26,27). The van der Waals surface area contributed by atoms with E-state index in [1.807, 2.05) is 36.4 Å². The first-order valence-corrected chi connectivity index (χ1v) is 9.93. The van der Waals surface area contributed by atoms with Crippen LogP contribution in [0.2, 0.25) is 0 Å². The van der Waals surface area contributed by atoms with Gasteiger partial charge in [0.1, 0.15) is 12.0 Å². The fourth-order valence-electron chi connectivity index (χ4n) is 3.94. The van der Waals surface area contributed by atoms with Crippen molar-refractivity contribution in [3.8, 4) is 5.75 Å². The van der Waals surface area contributed by atoms with E-state index in [1.165, 1.54) is 0 Å². The zero-order chi connectivity index (χ0) is 20.3. The number of fused-ring (bicyclic) bond motifs is 1. The Labute approximate surface area is 170 Å². The van der Waals surface area contributed by atoms with E-state index in [2.05, 4.69) is 23.5 Å². The van der Waals surface area contributed by atoms with Gasteiger partial charge >= 0.3 is 0 Å². The summed E-state index contributed by atoms with van der Waals surface area (Å²) in [5.74, 6) is 0.656. The fraction of sp³-hybridized carbons (Fsp3) is 0.292. The van der Waals surface area contributed by atoms with E-state index in [4.69, 9.17) is 15.2 Å². The predicted molar refractivity (Wildman–Crippen MR) is 114 cm³/mol. The summed E-state index contributed by atoms with van der Waals surface area (Å²) in [6.07, 6.45) is 1.39. The van der Waals surface area contributed by atoms with Crippen molar-refractivity contribution in [1.29, 1.82) is 0 Å². The molecule has 1 fully saturated rings. The van der Waals surface area contributed by atoms with E-state index in [0.717, 1.165) is 34.9 Å². The molecule has 0 aliphatic heterocycles. The number of ether oxygens (including phenoxy) is 2. The van der Waals surface area contributed by atoms with Crippen LogP contribution in [-0.2, 0) is 10.2 Å². The van der Waals surface area contributed by atoms with Crippen molar-refractivity contribution in [2.45, 2.75) is 24.5 Å². The molecule has 150 valence electrons. The van der Waals surface area contributed by atoms with Gasteiger partial charge in [-0.3, -0.25) is 4.79 Å². The Bertz CT molecular complexity index is 999. The maximum Gasteiger partial charge on any atom is 0.253 e. The smallest absolute Gasteiger partial charge is 0.253 e. The lowest BCUT2D eigenvalue weighted by atomic mass is 9.88. The van der Waals surface area contributed by atoms with Crippen LogP contribution < -0.4 is 15.8 Å². The molecule has 5 nitrogen and oxygen atoms in total. The Kier molecular flexibility index (Phi) is 5.51. The van der Waals surface area contributed by atoms with Crippen LogP contribution in [0.25, 0.3) is 10.8 Å². The van der Waals surface area contributed by atoms with Crippen molar-refractivity contribution < 1.29 is 14.3 Å². The van der Waals surface area contributed by atoms with Crippen molar-refractivity contribution >= 4 is 16.7 Å². The van der Waals surface area contributed by atoms with E-state index in [9.17, 15) is 4.79 Å². The van der Waals surface area contributed by atoms with Crippen LogP contribution in [0.15, 0.2) is 66.7 Å². The van der Waals surface area contributed by atoms with Crippen LogP contribution in [0.5, 0.6) is 5.75 Å². The molecule has 3 aromatic carbocycles. The maximum atomic E-state index is 12.9. The lowest BCUT2D eigenvalue weighted by molar-refractivity contribution is 0.00859. The monoisotopic (exact) mass is 390 g/mol. The molecule has 0 saturated heterocycles. The molecule has 1 unspecified atom stereocenters. The lowest BCUT2D eigenvalue weighted by Crippen LogP contribution is -2.46. The Hall–Kier alpha value is -2.89. The molecular formula is C24H26N2O3. The summed E-state index contributed by atoms with van der Waals surface area (Å²) < 4.78 is 11.6. The molecule has 4 rings (SSSR count). The van der Waals surface area contributed by atoms with Crippen molar-refractivity contribution in [3.05, 3.63) is 77.9 Å². The van der Waals surface area contributed by atoms with Gasteiger partial charge < -0.3 is 20.5 Å². The van der Waals surface area contributed by atoms with Crippen LogP contribution >= 0.6 is 0 Å². The third-order valence-electron chi connectivity index (χ3n) is 5.60. The van der Waals surface area contributed by atoms with Gasteiger partial charge in [-0.05, 0) is 53.4 Å². The number of methoxy groups -OCH3 is 1. The first-order valence-electron chi connectivity index (χ1n) is 9.93. The zero-order valence-corrected chi connectivity index (χ0v) is 16.6. The van der Waals surface area contributed by atoms with E-state index in [1.54, 1.807) is 19.2 Å². The van der Waals surface area contributed by atoms with Crippen LogP contribution in [-0.4, -0.2) is 32.4 Å². The minimum absolute atomic E-state index is 0.147. The molecule has 3 aromatic rings. The number of benzene rings is 3. The molecule has 0 radical (unpaired) electrons. The molecule has 1 amide bonds. The number of nitrogens with one attached hydrogen (secondary N) is 1. The first-order chi connectivity index (χ1) is 14.2. The quantitative estimate of drug-likeness (QED) is 0.576. The van der Waals surface area contributed by atoms with E-state index in [-0.39, 0.29) is 11.3 Å². The number of carbonyl (C=O) groups excluding carboxylic acids is 1. The lowest BCUT2D eigenvalue weighted by Gasteiger charge is -2.30. The molecule has 0 spiro atoms. The Balaban J connectivity index is 1.73. The molecule has 5 heteroatoms. The number of hydrogen-bond acceptors (Lipinski definition) is 4. The summed E-state index contributed by atoms with van der Waals surface area (Å²) in [5.41, 5.74) is 7.15. The van der Waals surface area contributed by atoms with Gasteiger partial charge in [0.05, 0.1) is 13.7 Å². The van der Waals surface area contributed by atoms with Gasteiger partial charge in [0.15, 0.2) is 0 Å². The average Bonchev–Trinajstić information content (AvgIpc) is 3.58. The number of amides is 1. The first kappa shape index (κ1) is 19.4. The van der Waals surface area contributed by atoms with Crippen LogP contribution in [0.4, 0.5) is 0 Å². The Morgan fingerprint density at radius 1 is 1.10 bits per heavy atom. The SMILES string of the molecule is COc1cc(C2(C(NC(=O)c3ccccc3)OCCN)CC2)c2ccccc2c1. The Morgan fingerprint density at radius 3 is 2.52 bits per heavy atom. The summed E-state index contributed by atoms with van der Waals surface area (Å²) in [4.78, 5) is 12.9.